The summed E-state index contributed by atoms with van der Waals surface area (Å²) in [7, 11) is 1.52. The van der Waals surface area contributed by atoms with Crippen LogP contribution in [0.1, 0.15) is 10.5 Å². The Morgan fingerprint density at radius 1 is 1.47 bits per heavy atom. The summed E-state index contributed by atoms with van der Waals surface area (Å²) in [5.41, 5.74) is 5.91. The fraction of sp³-hybridized carbons (Fsp3) is 0.231. The molecule has 1 aromatic carbocycles. The van der Waals surface area contributed by atoms with Crippen molar-refractivity contribution >= 4 is 11.6 Å². The molecule has 0 aliphatic heterocycles. The SMILES string of the molecule is CN(C(=O)c1cn(CCN)cn1)c1ccccc1F. The van der Waals surface area contributed by atoms with Crippen LogP contribution in [0.3, 0.4) is 0 Å². The lowest BCUT2D eigenvalue weighted by molar-refractivity contribution is 0.0988. The lowest BCUT2D eigenvalue weighted by Crippen LogP contribution is -2.27. The van der Waals surface area contributed by atoms with E-state index < -0.39 is 5.82 Å². The van der Waals surface area contributed by atoms with Gasteiger partial charge in [-0.2, -0.15) is 0 Å². The minimum absolute atomic E-state index is 0.223. The number of aromatic nitrogens is 2. The summed E-state index contributed by atoms with van der Waals surface area (Å²) in [5.74, 6) is -0.805. The van der Waals surface area contributed by atoms with Crippen molar-refractivity contribution in [1.82, 2.24) is 9.55 Å². The molecule has 5 nitrogen and oxygen atoms in total. The zero-order valence-corrected chi connectivity index (χ0v) is 10.6. The van der Waals surface area contributed by atoms with Gasteiger partial charge in [-0.25, -0.2) is 9.37 Å². The molecule has 100 valence electrons. The van der Waals surface area contributed by atoms with Gasteiger partial charge < -0.3 is 15.2 Å². The van der Waals surface area contributed by atoms with E-state index in [1.54, 1.807) is 29.0 Å². The molecule has 0 unspecified atom stereocenters. The second-order valence-electron chi connectivity index (χ2n) is 4.10. The van der Waals surface area contributed by atoms with Gasteiger partial charge in [-0.05, 0) is 12.1 Å². The average Bonchev–Trinajstić information content (AvgIpc) is 2.87. The second-order valence-corrected chi connectivity index (χ2v) is 4.10. The molecule has 1 amide bonds. The molecule has 0 aliphatic carbocycles. The molecule has 19 heavy (non-hydrogen) atoms. The fourth-order valence-electron chi connectivity index (χ4n) is 1.75. The van der Waals surface area contributed by atoms with Crippen molar-refractivity contribution in [3.05, 3.63) is 48.3 Å². The van der Waals surface area contributed by atoms with Gasteiger partial charge in [0.15, 0.2) is 0 Å². The molecule has 0 radical (unpaired) electrons. The molecule has 0 atom stereocenters. The van der Waals surface area contributed by atoms with Crippen molar-refractivity contribution in [3.8, 4) is 0 Å². The molecule has 0 aliphatic rings. The van der Waals surface area contributed by atoms with Crippen LogP contribution in [0.2, 0.25) is 0 Å². The zero-order valence-electron chi connectivity index (χ0n) is 10.6. The van der Waals surface area contributed by atoms with Crippen molar-refractivity contribution in [1.29, 1.82) is 0 Å². The quantitative estimate of drug-likeness (QED) is 0.902. The lowest BCUT2D eigenvalue weighted by Gasteiger charge is -2.16. The first kappa shape index (κ1) is 13.2. The number of carbonyl (C=O) groups is 1. The summed E-state index contributed by atoms with van der Waals surface area (Å²) in [6, 6.07) is 6.11. The van der Waals surface area contributed by atoms with Crippen LogP contribution in [-0.2, 0) is 6.54 Å². The molecular weight excluding hydrogens is 247 g/mol. The lowest BCUT2D eigenvalue weighted by atomic mass is 10.2. The minimum Gasteiger partial charge on any atom is -0.335 e. The number of para-hydroxylation sites is 1. The highest BCUT2D eigenvalue weighted by Gasteiger charge is 2.18. The highest BCUT2D eigenvalue weighted by molar-refractivity contribution is 6.04. The van der Waals surface area contributed by atoms with E-state index in [0.29, 0.717) is 13.1 Å². The molecule has 0 saturated heterocycles. The van der Waals surface area contributed by atoms with Gasteiger partial charge in [-0.3, -0.25) is 4.79 Å². The molecule has 6 heteroatoms. The Hall–Kier alpha value is -2.21. The molecule has 2 rings (SSSR count). The summed E-state index contributed by atoms with van der Waals surface area (Å²) in [5, 5.41) is 0. The van der Waals surface area contributed by atoms with E-state index in [9.17, 15) is 9.18 Å². The Balaban J connectivity index is 2.21. The largest absolute Gasteiger partial charge is 0.335 e. The van der Waals surface area contributed by atoms with Crippen LogP contribution in [0.4, 0.5) is 10.1 Å². The maximum atomic E-state index is 13.6. The van der Waals surface area contributed by atoms with E-state index in [-0.39, 0.29) is 17.3 Å². The van der Waals surface area contributed by atoms with E-state index in [4.69, 9.17) is 5.73 Å². The number of imidazole rings is 1. The predicted molar refractivity (Wildman–Crippen MR) is 70.4 cm³/mol. The number of rotatable bonds is 4. The Bertz CT molecular complexity index is 582. The van der Waals surface area contributed by atoms with E-state index in [1.807, 2.05) is 0 Å². The first-order valence-corrected chi connectivity index (χ1v) is 5.88. The molecule has 2 aromatic rings. The summed E-state index contributed by atoms with van der Waals surface area (Å²) < 4.78 is 15.3. The maximum Gasteiger partial charge on any atom is 0.278 e. The number of hydrogen-bond donors (Lipinski definition) is 1. The van der Waals surface area contributed by atoms with Crippen LogP contribution in [0.5, 0.6) is 0 Å². The first-order valence-electron chi connectivity index (χ1n) is 5.88. The Morgan fingerprint density at radius 3 is 2.89 bits per heavy atom. The van der Waals surface area contributed by atoms with E-state index in [0.717, 1.165) is 0 Å². The van der Waals surface area contributed by atoms with Crippen molar-refractivity contribution in [2.45, 2.75) is 6.54 Å². The number of hydrogen-bond acceptors (Lipinski definition) is 3. The van der Waals surface area contributed by atoms with Crippen LogP contribution < -0.4 is 10.6 Å². The van der Waals surface area contributed by atoms with Crippen molar-refractivity contribution in [3.63, 3.8) is 0 Å². The van der Waals surface area contributed by atoms with Crippen molar-refractivity contribution < 1.29 is 9.18 Å². The van der Waals surface area contributed by atoms with Crippen LogP contribution in [0.15, 0.2) is 36.8 Å². The smallest absolute Gasteiger partial charge is 0.278 e. The monoisotopic (exact) mass is 262 g/mol. The molecule has 1 aromatic heterocycles. The normalized spacial score (nSPS) is 10.5. The Labute approximate surface area is 110 Å². The van der Waals surface area contributed by atoms with Gasteiger partial charge in [0.05, 0.1) is 12.0 Å². The third-order valence-corrected chi connectivity index (χ3v) is 2.76. The summed E-state index contributed by atoms with van der Waals surface area (Å²) in [4.78, 5) is 17.4. The number of halogens is 1. The number of amides is 1. The minimum atomic E-state index is -0.445. The number of nitrogens with two attached hydrogens (primary N) is 1. The molecule has 0 fully saturated rings. The summed E-state index contributed by atoms with van der Waals surface area (Å²) in [6.07, 6.45) is 3.14. The zero-order chi connectivity index (χ0) is 13.8. The maximum absolute atomic E-state index is 13.6. The molecule has 0 spiro atoms. The van der Waals surface area contributed by atoms with Gasteiger partial charge in [0.25, 0.3) is 5.91 Å². The standard InChI is InChI=1S/C13H15FN4O/c1-17(12-5-3-2-4-10(12)14)13(19)11-8-18(7-6-15)9-16-11/h2-5,8-9H,6-7,15H2,1H3. The van der Waals surface area contributed by atoms with Gasteiger partial charge in [-0.1, -0.05) is 12.1 Å². The third kappa shape index (κ3) is 2.79. The molecule has 1 heterocycles. The summed E-state index contributed by atoms with van der Waals surface area (Å²) >= 11 is 0. The topological polar surface area (TPSA) is 64.2 Å². The first-order chi connectivity index (χ1) is 9.13. The number of benzene rings is 1. The number of anilines is 1. The Kier molecular flexibility index (Phi) is 3.91. The van der Waals surface area contributed by atoms with Crippen LogP contribution >= 0.6 is 0 Å². The Morgan fingerprint density at radius 2 is 2.21 bits per heavy atom. The highest BCUT2D eigenvalue weighted by Crippen LogP contribution is 2.18. The molecule has 2 N–H and O–H groups in total. The molecule has 0 bridgehead atoms. The number of carbonyl (C=O) groups excluding carboxylic acids is 1. The van der Waals surface area contributed by atoms with E-state index in [2.05, 4.69) is 4.98 Å². The van der Waals surface area contributed by atoms with Gasteiger partial charge in [0.2, 0.25) is 0 Å². The van der Waals surface area contributed by atoms with Crippen molar-refractivity contribution in [2.75, 3.05) is 18.5 Å². The molecule has 0 saturated carbocycles. The van der Waals surface area contributed by atoms with Crippen LogP contribution in [-0.4, -0.2) is 29.1 Å². The fourth-order valence-corrected chi connectivity index (χ4v) is 1.75. The van der Waals surface area contributed by atoms with E-state index >= 15 is 0 Å². The van der Waals surface area contributed by atoms with Gasteiger partial charge in [-0.15, -0.1) is 0 Å². The van der Waals surface area contributed by atoms with Crippen LogP contribution in [0, 0.1) is 5.82 Å². The third-order valence-electron chi connectivity index (χ3n) is 2.76. The van der Waals surface area contributed by atoms with Gasteiger partial charge in [0.1, 0.15) is 11.5 Å². The predicted octanol–water partition coefficient (Wildman–Crippen LogP) is 1.26. The second kappa shape index (κ2) is 5.62. The van der Waals surface area contributed by atoms with Gasteiger partial charge >= 0.3 is 0 Å². The molecular formula is C13H15FN4O. The van der Waals surface area contributed by atoms with Crippen LogP contribution in [0.25, 0.3) is 0 Å². The van der Waals surface area contributed by atoms with E-state index in [1.165, 1.54) is 24.3 Å². The highest BCUT2D eigenvalue weighted by atomic mass is 19.1. The average molecular weight is 262 g/mol. The van der Waals surface area contributed by atoms with Crippen molar-refractivity contribution in [2.24, 2.45) is 5.73 Å². The number of nitrogens with zero attached hydrogens (tertiary/aromatic N) is 3. The van der Waals surface area contributed by atoms with Gasteiger partial charge in [0, 0.05) is 26.3 Å². The summed E-state index contributed by atoms with van der Waals surface area (Å²) in [6.45, 7) is 1.05.